The van der Waals surface area contributed by atoms with Crippen LogP contribution >= 0.6 is 0 Å². The second-order valence-electron chi connectivity index (χ2n) is 5.75. The van der Waals surface area contributed by atoms with E-state index >= 15 is 0 Å². The summed E-state index contributed by atoms with van der Waals surface area (Å²) in [5.41, 5.74) is 0.923. The molecule has 0 aromatic heterocycles. The van der Waals surface area contributed by atoms with Crippen molar-refractivity contribution in [3.8, 4) is 11.5 Å². The predicted octanol–water partition coefficient (Wildman–Crippen LogP) is 2.91. The quantitative estimate of drug-likeness (QED) is 0.652. The van der Waals surface area contributed by atoms with Gasteiger partial charge in [-0.3, -0.25) is 0 Å². The molecule has 0 aliphatic heterocycles. The molecule has 1 aromatic rings. The van der Waals surface area contributed by atoms with Crippen molar-refractivity contribution in [3.63, 3.8) is 0 Å². The number of hydrogen-bond acceptors (Lipinski definition) is 4. The fourth-order valence-electron chi connectivity index (χ4n) is 2.19. The van der Waals surface area contributed by atoms with Gasteiger partial charge in [-0.25, -0.2) is 0 Å². The molecule has 0 fully saturated rings. The van der Waals surface area contributed by atoms with Crippen LogP contribution in [0.15, 0.2) is 18.2 Å². The van der Waals surface area contributed by atoms with E-state index in [1.807, 2.05) is 25.1 Å². The van der Waals surface area contributed by atoms with Crippen LogP contribution in [-0.4, -0.2) is 37.5 Å². The van der Waals surface area contributed by atoms with E-state index in [-0.39, 0.29) is 12.1 Å². The third-order valence-corrected chi connectivity index (χ3v) is 3.60. The zero-order valence-corrected chi connectivity index (χ0v) is 13.7. The Balaban J connectivity index is 2.43. The molecule has 1 atom stereocenters. The average molecular weight is 295 g/mol. The smallest absolute Gasteiger partial charge is 0.161 e. The normalized spacial score (nSPS) is 13.8. The number of methoxy groups -OCH3 is 1. The molecule has 1 aromatic carbocycles. The molecule has 0 radical (unpaired) electrons. The topological polar surface area (TPSA) is 50.7 Å². The van der Waals surface area contributed by atoms with Crippen molar-refractivity contribution >= 4 is 0 Å². The van der Waals surface area contributed by atoms with Crippen LogP contribution < -0.4 is 14.8 Å². The number of benzene rings is 1. The van der Waals surface area contributed by atoms with Crippen molar-refractivity contribution in [2.75, 3.05) is 26.9 Å². The lowest BCUT2D eigenvalue weighted by atomic mass is 9.97. The van der Waals surface area contributed by atoms with Crippen LogP contribution in [0.2, 0.25) is 0 Å². The standard InChI is InChI=1S/C17H29NO3/c1-5-10-18-17(3,13-19)9-6-11-21-15-8-7-14(2)12-16(15)20-4/h7-8,12,18-19H,5-6,9-11,13H2,1-4H3. The second-order valence-corrected chi connectivity index (χ2v) is 5.75. The molecule has 0 saturated carbocycles. The zero-order chi connectivity index (χ0) is 15.7. The highest BCUT2D eigenvalue weighted by Gasteiger charge is 2.21. The van der Waals surface area contributed by atoms with Crippen LogP contribution in [0.5, 0.6) is 11.5 Å². The molecule has 0 amide bonds. The Morgan fingerprint density at radius 1 is 1.29 bits per heavy atom. The molecule has 0 bridgehead atoms. The zero-order valence-electron chi connectivity index (χ0n) is 13.7. The van der Waals surface area contributed by atoms with Crippen LogP contribution in [0.1, 0.15) is 38.7 Å². The Hall–Kier alpha value is -1.26. The Labute approximate surface area is 128 Å². The SMILES string of the molecule is CCCNC(C)(CO)CCCOc1ccc(C)cc1OC. The third kappa shape index (κ3) is 5.94. The van der Waals surface area contributed by atoms with E-state index in [0.717, 1.165) is 42.9 Å². The van der Waals surface area contributed by atoms with E-state index in [2.05, 4.69) is 19.2 Å². The highest BCUT2D eigenvalue weighted by molar-refractivity contribution is 5.42. The molecular weight excluding hydrogens is 266 g/mol. The molecule has 4 nitrogen and oxygen atoms in total. The summed E-state index contributed by atoms with van der Waals surface area (Å²) < 4.78 is 11.1. The minimum Gasteiger partial charge on any atom is -0.493 e. The van der Waals surface area contributed by atoms with Crippen LogP contribution in [0.4, 0.5) is 0 Å². The molecule has 0 aliphatic carbocycles. The van der Waals surface area contributed by atoms with E-state index in [0.29, 0.717) is 6.61 Å². The van der Waals surface area contributed by atoms with Gasteiger partial charge >= 0.3 is 0 Å². The molecule has 0 aliphatic rings. The summed E-state index contributed by atoms with van der Waals surface area (Å²) in [6, 6.07) is 5.92. The van der Waals surface area contributed by atoms with Gasteiger partial charge in [-0.2, -0.15) is 0 Å². The highest BCUT2D eigenvalue weighted by Crippen LogP contribution is 2.28. The number of rotatable bonds is 10. The maximum atomic E-state index is 9.52. The maximum absolute atomic E-state index is 9.52. The highest BCUT2D eigenvalue weighted by atomic mass is 16.5. The van der Waals surface area contributed by atoms with Crippen molar-refractivity contribution < 1.29 is 14.6 Å². The summed E-state index contributed by atoms with van der Waals surface area (Å²) in [4.78, 5) is 0. The molecule has 120 valence electrons. The van der Waals surface area contributed by atoms with E-state index < -0.39 is 0 Å². The van der Waals surface area contributed by atoms with E-state index in [9.17, 15) is 5.11 Å². The van der Waals surface area contributed by atoms with Crippen molar-refractivity contribution in [2.24, 2.45) is 0 Å². The molecular formula is C17H29NO3. The number of hydrogen-bond donors (Lipinski definition) is 2. The molecule has 0 heterocycles. The first-order valence-corrected chi connectivity index (χ1v) is 7.68. The predicted molar refractivity (Wildman–Crippen MR) is 86.2 cm³/mol. The van der Waals surface area contributed by atoms with E-state index in [4.69, 9.17) is 9.47 Å². The average Bonchev–Trinajstić information content (AvgIpc) is 2.50. The number of ether oxygens (including phenoxy) is 2. The fourth-order valence-corrected chi connectivity index (χ4v) is 2.19. The van der Waals surface area contributed by atoms with Gasteiger partial charge in [0.2, 0.25) is 0 Å². The lowest BCUT2D eigenvalue weighted by Gasteiger charge is -2.28. The number of aryl methyl sites for hydroxylation is 1. The Kier molecular flexibility index (Phi) is 7.54. The third-order valence-electron chi connectivity index (χ3n) is 3.60. The van der Waals surface area contributed by atoms with Crippen LogP contribution in [0.3, 0.4) is 0 Å². The summed E-state index contributed by atoms with van der Waals surface area (Å²) in [5.74, 6) is 1.54. The first-order valence-electron chi connectivity index (χ1n) is 7.68. The van der Waals surface area contributed by atoms with Gasteiger partial charge in [0.25, 0.3) is 0 Å². The van der Waals surface area contributed by atoms with Crippen LogP contribution in [0, 0.1) is 6.92 Å². The minimum absolute atomic E-state index is 0.140. The molecule has 4 heteroatoms. The van der Waals surface area contributed by atoms with E-state index in [1.54, 1.807) is 7.11 Å². The van der Waals surface area contributed by atoms with Gasteiger partial charge in [0, 0.05) is 5.54 Å². The van der Waals surface area contributed by atoms with Gasteiger partial charge in [0.05, 0.1) is 20.3 Å². The summed E-state index contributed by atoms with van der Waals surface area (Å²) >= 11 is 0. The van der Waals surface area contributed by atoms with Gasteiger partial charge in [0.15, 0.2) is 11.5 Å². The van der Waals surface area contributed by atoms with Gasteiger partial charge in [-0.05, 0) is 57.4 Å². The largest absolute Gasteiger partial charge is 0.493 e. The number of aliphatic hydroxyl groups is 1. The van der Waals surface area contributed by atoms with Crippen molar-refractivity contribution in [1.82, 2.24) is 5.32 Å². The molecule has 0 spiro atoms. The minimum atomic E-state index is -0.225. The summed E-state index contributed by atoms with van der Waals surface area (Å²) in [6.07, 6.45) is 2.81. The first-order chi connectivity index (χ1) is 10.0. The Morgan fingerprint density at radius 3 is 2.67 bits per heavy atom. The lowest BCUT2D eigenvalue weighted by Crippen LogP contribution is -2.46. The molecule has 21 heavy (non-hydrogen) atoms. The van der Waals surface area contributed by atoms with Crippen molar-refractivity contribution in [1.29, 1.82) is 0 Å². The molecule has 1 rings (SSSR count). The summed E-state index contributed by atoms with van der Waals surface area (Å²) in [6.45, 7) is 7.87. The van der Waals surface area contributed by atoms with Crippen LogP contribution in [-0.2, 0) is 0 Å². The molecule has 0 saturated heterocycles. The molecule has 1 unspecified atom stereocenters. The van der Waals surface area contributed by atoms with Gasteiger partial charge in [-0.1, -0.05) is 13.0 Å². The van der Waals surface area contributed by atoms with Crippen molar-refractivity contribution in [2.45, 2.75) is 45.6 Å². The molecule has 2 N–H and O–H groups in total. The maximum Gasteiger partial charge on any atom is 0.161 e. The van der Waals surface area contributed by atoms with Gasteiger partial charge < -0.3 is 19.9 Å². The van der Waals surface area contributed by atoms with Crippen molar-refractivity contribution in [3.05, 3.63) is 23.8 Å². The monoisotopic (exact) mass is 295 g/mol. The Bertz CT molecular complexity index is 422. The van der Waals surface area contributed by atoms with E-state index in [1.165, 1.54) is 0 Å². The number of aliphatic hydroxyl groups excluding tert-OH is 1. The lowest BCUT2D eigenvalue weighted by molar-refractivity contribution is 0.155. The second kappa shape index (κ2) is 8.90. The fraction of sp³-hybridized carbons (Fsp3) is 0.647. The summed E-state index contributed by atoms with van der Waals surface area (Å²) in [5, 5.41) is 12.9. The van der Waals surface area contributed by atoms with Gasteiger partial charge in [-0.15, -0.1) is 0 Å². The Morgan fingerprint density at radius 2 is 2.05 bits per heavy atom. The van der Waals surface area contributed by atoms with Gasteiger partial charge in [0.1, 0.15) is 0 Å². The summed E-state index contributed by atoms with van der Waals surface area (Å²) in [7, 11) is 1.65. The number of nitrogens with one attached hydrogen (secondary N) is 1. The first kappa shape index (κ1) is 17.8. The van der Waals surface area contributed by atoms with Crippen LogP contribution in [0.25, 0.3) is 0 Å².